The monoisotopic (exact) mass is 318 g/mol. The van der Waals surface area contributed by atoms with Crippen molar-refractivity contribution < 1.29 is 18.0 Å². The van der Waals surface area contributed by atoms with Crippen molar-refractivity contribution >= 4 is 23.4 Å². The van der Waals surface area contributed by atoms with Crippen molar-refractivity contribution in [3.05, 3.63) is 29.3 Å². The number of rotatable bonds is 1. The summed E-state index contributed by atoms with van der Waals surface area (Å²) in [5, 5.41) is 0.509. The van der Waals surface area contributed by atoms with Gasteiger partial charge in [0, 0.05) is 29.3 Å². The summed E-state index contributed by atoms with van der Waals surface area (Å²) in [6.07, 6.45) is -4.49. The molecule has 2 atom stereocenters. The number of hydrogen-bond donors (Lipinski definition) is 1. The molecule has 0 radical (unpaired) electrons. The molecule has 1 aromatic rings. The minimum absolute atomic E-state index is 0.0730. The fourth-order valence-electron chi connectivity index (χ4n) is 2.43. The Hall–Kier alpha value is -1.37. The molecule has 1 heterocycles. The van der Waals surface area contributed by atoms with Crippen molar-refractivity contribution in [2.45, 2.75) is 30.5 Å². The molecule has 0 spiro atoms. The highest BCUT2D eigenvalue weighted by Crippen LogP contribution is 2.32. The van der Waals surface area contributed by atoms with Crippen molar-refractivity contribution in [3.63, 3.8) is 0 Å². The minimum Gasteiger partial charge on any atom is -0.398 e. The lowest BCUT2D eigenvalue weighted by molar-refractivity contribution is -0.137. The second kappa shape index (κ2) is 5.79. The van der Waals surface area contributed by atoms with Crippen molar-refractivity contribution in [2.24, 2.45) is 0 Å². The zero-order valence-electron chi connectivity index (χ0n) is 11.8. The molecule has 1 aromatic carbocycles. The number of benzene rings is 1. The Morgan fingerprint density at radius 3 is 2.38 bits per heavy atom. The van der Waals surface area contributed by atoms with Gasteiger partial charge in [-0.2, -0.15) is 24.9 Å². The first-order valence-electron chi connectivity index (χ1n) is 6.60. The molecule has 1 amide bonds. The molecular formula is C14H17F3N2OS. The summed E-state index contributed by atoms with van der Waals surface area (Å²) in [5.74, 6) is -0.433. The SMILES string of the molecule is CC1CN(C(=O)c2cc(C(F)(F)F)ccc2N)CC(C)S1. The van der Waals surface area contributed by atoms with Gasteiger partial charge in [0.15, 0.2) is 0 Å². The normalized spacial score (nSPS) is 23.2. The van der Waals surface area contributed by atoms with Crippen LogP contribution in [0, 0.1) is 0 Å². The lowest BCUT2D eigenvalue weighted by Gasteiger charge is -2.35. The molecule has 0 saturated carbocycles. The molecule has 0 aromatic heterocycles. The summed E-state index contributed by atoms with van der Waals surface area (Å²) >= 11 is 1.76. The number of nitrogens with zero attached hydrogens (tertiary/aromatic N) is 1. The maximum Gasteiger partial charge on any atom is 0.416 e. The molecule has 3 nitrogen and oxygen atoms in total. The predicted octanol–water partition coefficient (Wildman–Crippen LogP) is 3.25. The zero-order valence-corrected chi connectivity index (χ0v) is 12.6. The summed E-state index contributed by atoms with van der Waals surface area (Å²) in [6, 6.07) is 2.87. The molecule has 1 aliphatic rings. The number of alkyl halides is 3. The third-order valence-electron chi connectivity index (χ3n) is 3.32. The lowest BCUT2D eigenvalue weighted by Crippen LogP contribution is -2.44. The van der Waals surface area contributed by atoms with Crippen molar-refractivity contribution in [3.8, 4) is 0 Å². The third-order valence-corrected chi connectivity index (χ3v) is 4.55. The lowest BCUT2D eigenvalue weighted by atomic mass is 10.1. The Morgan fingerprint density at radius 2 is 1.86 bits per heavy atom. The average Bonchev–Trinajstić information content (AvgIpc) is 2.36. The van der Waals surface area contributed by atoms with Crippen LogP contribution in [0.15, 0.2) is 18.2 Å². The Morgan fingerprint density at radius 1 is 1.29 bits per heavy atom. The average molecular weight is 318 g/mol. The molecule has 116 valence electrons. The molecule has 1 aliphatic heterocycles. The smallest absolute Gasteiger partial charge is 0.398 e. The summed E-state index contributed by atoms with van der Waals surface area (Å²) in [6.45, 7) is 5.03. The van der Waals surface area contributed by atoms with Gasteiger partial charge >= 0.3 is 6.18 Å². The van der Waals surface area contributed by atoms with E-state index >= 15 is 0 Å². The fraction of sp³-hybridized carbons (Fsp3) is 0.500. The van der Waals surface area contributed by atoms with Crippen LogP contribution < -0.4 is 5.73 Å². The Balaban J connectivity index is 2.30. The van der Waals surface area contributed by atoms with Gasteiger partial charge in [0.2, 0.25) is 0 Å². The summed E-state index contributed by atoms with van der Waals surface area (Å²) in [5.41, 5.74) is 4.84. The number of nitrogens with two attached hydrogens (primary N) is 1. The zero-order chi connectivity index (χ0) is 15.8. The predicted molar refractivity (Wildman–Crippen MR) is 78.3 cm³/mol. The number of carbonyl (C=O) groups is 1. The fourth-order valence-corrected chi connectivity index (χ4v) is 3.76. The van der Waals surface area contributed by atoms with E-state index in [2.05, 4.69) is 0 Å². The van der Waals surface area contributed by atoms with Gasteiger partial charge in [-0.15, -0.1) is 0 Å². The summed E-state index contributed by atoms with van der Waals surface area (Å²) in [4.78, 5) is 14.0. The van der Waals surface area contributed by atoms with Crippen LogP contribution in [-0.2, 0) is 6.18 Å². The van der Waals surface area contributed by atoms with Gasteiger partial charge in [0.25, 0.3) is 5.91 Å². The van der Waals surface area contributed by atoms with Gasteiger partial charge in [-0.3, -0.25) is 4.79 Å². The second-order valence-electron chi connectivity index (χ2n) is 5.27. The number of carbonyl (C=O) groups excluding carboxylic acids is 1. The van der Waals surface area contributed by atoms with E-state index in [1.54, 1.807) is 16.7 Å². The van der Waals surface area contributed by atoms with Crippen LogP contribution in [0.5, 0.6) is 0 Å². The number of halogens is 3. The van der Waals surface area contributed by atoms with E-state index in [0.717, 1.165) is 18.2 Å². The first-order chi connectivity index (χ1) is 9.68. The maximum atomic E-state index is 12.8. The van der Waals surface area contributed by atoms with Crippen molar-refractivity contribution in [2.75, 3.05) is 18.8 Å². The largest absolute Gasteiger partial charge is 0.416 e. The minimum atomic E-state index is -4.49. The van der Waals surface area contributed by atoms with Crippen molar-refractivity contribution in [1.29, 1.82) is 0 Å². The Bertz CT molecular complexity index is 538. The standard InChI is InChI=1S/C14H17F3N2OS/c1-8-6-19(7-9(2)21-8)13(20)11-5-10(14(15,16)17)3-4-12(11)18/h3-5,8-9H,6-7,18H2,1-2H3. The van der Waals surface area contributed by atoms with Crippen molar-refractivity contribution in [1.82, 2.24) is 4.90 Å². The quantitative estimate of drug-likeness (QED) is 0.809. The van der Waals surface area contributed by atoms with Crippen LogP contribution >= 0.6 is 11.8 Å². The summed E-state index contributed by atoms with van der Waals surface area (Å²) in [7, 11) is 0. The van der Waals surface area contributed by atoms with Gasteiger partial charge < -0.3 is 10.6 Å². The van der Waals surface area contributed by atoms with E-state index in [0.29, 0.717) is 13.1 Å². The number of hydrogen-bond acceptors (Lipinski definition) is 3. The van der Waals surface area contributed by atoms with Gasteiger partial charge in [0.05, 0.1) is 11.1 Å². The van der Waals surface area contributed by atoms with Gasteiger partial charge in [0.1, 0.15) is 0 Å². The molecule has 2 N–H and O–H groups in total. The molecule has 7 heteroatoms. The third kappa shape index (κ3) is 3.64. The van der Waals surface area contributed by atoms with Crippen LogP contribution in [0.2, 0.25) is 0 Å². The highest BCUT2D eigenvalue weighted by molar-refractivity contribution is 8.00. The van der Waals surface area contributed by atoms with Gasteiger partial charge in [-0.25, -0.2) is 0 Å². The van der Waals surface area contributed by atoms with E-state index in [4.69, 9.17) is 5.73 Å². The van der Waals surface area contributed by atoms with Crippen LogP contribution in [0.3, 0.4) is 0 Å². The molecule has 0 bridgehead atoms. The van der Waals surface area contributed by atoms with E-state index < -0.39 is 17.6 Å². The Kier molecular flexibility index (Phi) is 4.41. The number of amides is 1. The highest BCUT2D eigenvalue weighted by atomic mass is 32.2. The number of nitrogen functional groups attached to an aromatic ring is 1. The van der Waals surface area contributed by atoms with Gasteiger partial charge in [-0.05, 0) is 18.2 Å². The van der Waals surface area contributed by atoms with Crippen LogP contribution in [0.25, 0.3) is 0 Å². The van der Waals surface area contributed by atoms with E-state index in [-0.39, 0.29) is 21.8 Å². The van der Waals surface area contributed by atoms with Crippen LogP contribution in [-0.4, -0.2) is 34.4 Å². The molecule has 0 aliphatic carbocycles. The molecule has 2 unspecified atom stereocenters. The molecule has 21 heavy (non-hydrogen) atoms. The first kappa shape index (κ1) is 16.0. The van der Waals surface area contributed by atoms with Crippen LogP contribution in [0.4, 0.5) is 18.9 Å². The topological polar surface area (TPSA) is 46.3 Å². The summed E-state index contributed by atoms with van der Waals surface area (Å²) < 4.78 is 38.3. The van der Waals surface area contributed by atoms with Crippen LogP contribution in [0.1, 0.15) is 29.8 Å². The molecule has 1 saturated heterocycles. The first-order valence-corrected chi connectivity index (χ1v) is 7.54. The number of thioether (sulfide) groups is 1. The molecule has 1 fully saturated rings. The molecule has 2 rings (SSSR count). The van der Waals surface area contributed by atoms with E-state index in [1.807, 2.05) is 13.8 Å². The number of anilines is 1. The van der Waals surface area contributed by atoms with E-state index in [9.17, 15) is 18.0 Å². The van der Waals surface area contributed by atoms with E-state index in [1.165, 1.54) is 0 Å². The second-order valence-corrected chi connectivity index (χ2v) is 7.15. The maximum absolute atomic E-state index is 12.8. The van der Waals surface area contributed by atoms with Gasteiger partial charge in [-0.1, -0.05) is 13.8 Å². The Labute approximate surface area is 125 Å². The molecular weight excluding hydrogens is 301 g/mol. The highest BCUT2D eigenvalue weighted by Gasteiger charge is 2.33.